The number of rotatable bonds is 7. The van der Waals surface area contributed by atoms with E-state index in [1.807, 2.05) is 65.6 Å². The van der Waals surface area contributed by atoms with Crippen molar-refractivity contribution in [2.45, 2.75) is 6.61 Å². The molecule has 3 aromatic rings. The number of hydrogen-bond donors (Lipinski definition) is 0. The normalized spacial score (nSPS) is 13.9. The number of methoxy groups -OCH3 is 1. The monoisotopic (exact) mass is 428 g/mol. The highest BCUT2D eigenvalue weighted by Crippen LogP contribution is 2.22. The molecular formula is C27H28N2O3. The molecule has 0 unspecified atom stereocenters. The number of amides is 1. The zero-order valence-corrected chi connectivity index (χ0v) is 18.3. The highest BCUT2D eigenvalue weighted by atomic mass is 16.5. The van der Waals surface area contributed by atoms with Crippen LogP contribution in [0.25, 0.3) is 6.08 Å². The van der Waals surface area contributed by atoms with Crippen LogP contribution in [0.2, 0.25) is 0 Å². The van der Waals surface area contributed by atoms with Crippen molar-refractivity contribution in [2.75, 3.05) is 38.2 Å². The van der Waals surface area contributed by atoms with Gasteiger partial charge in [-0.05, 0) is 53.6 Å². The summed E-state index contributed by atoms with van der Waals surface area (Å²) in [4.78, 5) is 16.8. The van der Waals surface area contributed by atoms with E-state index in [0.29, 0.717) is 19.7 Å². The molecular weight excluding hydrogens is 400 g/mol. The minimum Gasteiger partial charge on any atom is -0.497 e. The Labute approximate surface area is 189 Å². The summed E-state index contributed by atoms with van der Waals surface area (Å²) < 4.78 is 11.0. The van der Waals surface area contributed by atoms with Gasteiger partial charge < -0.3 is 19.3 Å². The molecule has 0 N–H and O–H groups in total. The maximum Gasteiger partial charge on any atom is 0.246 e. The van der Waals surface area contributed by atoms with E-state index in [2.05, 4.69) is 29.2 Å². The van der Waals surface area contributed by atoms with Crippen LogP contribution >= 0.6 is 0 Å². The lowest BCUT2D eigenvalue weighted by Crippen LogP contribution is -2.48. The van der Waals surface area contributed by atoms with Crippen LogP contribution in [0, 0.1) is 0 Å². The standard InChI is InChI=1S/C27H28N2O3/c1-31-25-12-7-22(8-13-25)9-16-27(30)29-19-17-28(18-20-29)24-10-14-26(15-11-24)32-21-23-5-3-2-4-6-23/h2-16H,17-21H2,1H3. The highest BCUT2D eigenvalue weighted by molar-refractivity contribution is 5.92. The molecule has 1 heterocycles. The van der Waals surface area contributed by atoms with Crippen molar-refractivity contribution in [3.8, 4) is 11.5 Å². The van der Waals surface area contributed by atoms with E-state index in [0.717, 1.165) is 41.4 Å². The molecule has 0 bridgehead atoms. The molecule has 164 valence electrons. The number of benzene rings is 3. The van der Waals surface area contributed by atoms with Crippen LogP contribution in [-0.2, 0) is 11.4 Å². The van der Waals surface area contributed by atoms with Gasteiger partial charge in [-0.3, -0.25) is 4.79 Å². The lowest BCUT2D eigenvalue weighted by Gasteiger charge is -2.35. The van der Waals surface area contributed by atoms with Gasteiger partial charge in [0.15, 0.2) is 0 Å². The molecule has 0 spiro atoms. The first-order valence-electron chi connectivity index (χ1n) is 10.8. The van der Waals surface area contributed by atoms with Gasteiger partial charge in [0, 0.05) is 37.9 Å². The predicted octanol–water partition coefficient (Wildman–Crippen LogP) is 4.64. The lowest BCUT2D eigenvalue weighted by atomic mass is 10.2. The fourth-order valence-electron chi connectivity index (χ4n) is 3.67. The summed E-state index contributed by atoms with van der Waals surface area (Å²) in [6.07, 6.45) is 3.50. The van der Waals surface area contributed by atoms with Gasteiger partial charge in [-0.1, -0.05) is 42.5 Å². The van der Waals surface area contributed by atoms with Crippen LogP contribution in [0.3, 0.4) is 0 Å². The average Bonchev–Trinajstić information content (AvgIpc) is 2.87. The van der Waals surface area contributed by atoms with Crippen molar-refractivity contribution in [1.82, 2.24) is 4.90 Å². The maximum atomic E-state index is 12.6. The fraction of sp³-hybridized carbons (Fsp3) is 0.222. The Balaban J connectivity index is 1.25. The van der Waals surface area contributed by atoms with E-state index < -0.39 is 0 Å². The third-order valence-corrected chi connectivity index (χ3v) is 5.58. The van der Waals surface area contributed by atoms with E-state index in [-0.39, 0.29) is 5.91 Å². The number of carbonyl (C=O) groups is 1. The van der Waals surface area contributed by atoms with E-state index >= 15 is 0 Å². The van der Waals surface area contributed by atoms with Gasteiger partial charge in [0.1, 0.15) is 18.1 Å². The first-order valence-corrected chi connectivity index (χ1v) is 10.8. The molecule has 0 saturated carbocycles. The average molecular weight is 429 g/mol. The summed E-state index contributed by atoms with van der Waals surface area (Å²) in [5.74, 6) is 1.71. The lowest BCUT2D eigenvalue weighted by molar-refractivity contribution is -0.126. The molecule has 0 atom stereocenters. The van der Waals surface area contributed by atoms with Crippen molar-refractivity contribution in [3.63, 3.8) is 0 Å². The van der Waals surface area contributed by atoms with E-state index in [1.54, 1.807) is 13.2 Å². The Morgan fingerprint density at radius 2 is 1.50 bits per heavy atom. The zero-order valence-electron chi connectivity index (χ0n) is 18.3. The first-order chi connectivity index (χ1) is 15.7. The molecule has 1 fully saturated rings. The van der Waals surface area contributed by atoms with E-state index in [1.165, 1.54) is 0 Å². The zero-order chi connectivity index (χ0) is 22.2. The van der Waals surface area contributed by atoms with Crippen LogP contribution in [0.4, 0.5) is 5.69 Å². The smallest absolute Gasteiger partial charge is 0.246 e. The summed E-state index contributed by atoms with van der Waals surface area (Å²) >= 11 is 0. The second-order valence-corrected chi connectivity index (χ2v) is 7.69. The van der Waals surface area contributed by atoms with Crippen molar-refractivity contribution >= 4 is 17.7 Å². The summed E-state index contributed by atoms with van der Waals surface area (Å²) in [6.45, 7) is 3.60. The Kier molecular flexibility index (Phi) is 7.08. The molecule has 0 radical (unpaired) electrons. The molecule has 1 aliphatic rings. The highest BCUT2D eigenvalue weighted by Gasteiger charge is 2.19. The molecule has 1 amide bonds. The third kappa shape index (κ3) is 5.70. The van der Waals surface area contributed by atoms with Gasteiger partial charge in [0.2, 0.25) is 5.91 Å². The Hall–Kier alpha value is -3.73. The van der Waals surface area contributed by atoms with Gasteiger partial charge in [-0.25, -0.2) is 0 Å². The Morgan fingerprint density at radius 3 is 2.16 bits per heavy atom. The molecule has 0 aliphatic carbocycles. The second-order valence-electron chi connectivity index (χ2n) is 7.69. The molecule has 0 aromatic heterocycles. The van der Waals surface area contributed by atoms with Gasteiger partial charge in [-0.2, -0.15) is 0 Å². The third-order valence-electron chi connectivity index (χ3n) is 5.58. The van der Waals surface area contributed by atoms with Crippen LogP contribution in [0.5, 0.6) is 11.5 Å². The van der Waals surface area contributed by atoms with Crippen molar-refractivity contribution < 1.29 is 14.3 Å². The summed E-state index contributed by atoms with van der Waals surface area (Å²) in [5, 5.41) is 0. The number of carbonyl (C=O) groups excluding carboxylic acids is 1. The van der Waals surface area contributed by atoms with Gasteiger partial charge >= 0.3 is 0 Å². The molecule has 3 aromatic carbocycles. The Bertz CT molecular complexity index is 1020. The molecule has 1 aliphatic heterocycles. The quantitative estimate of drug-likeness (QED) is 0.515. The number of ether oxygens (including phenoxy) is 2. The molecule has 4 rings (SSSR count). The molecule has 32 heavy (non-hydrogen) atoms. The molecule has 5 nitrogen and oxygen atoms in total. The minimum atomic E-state index is 0.0464. The largest absolute Gasteiger partial charge is 0.497 e. The van der Waals surface area contributed by atoms with Crippen molar-refractivity contribution in [3.05, 3.63) is 96.1 Å². The number of anilines is 1. The maximum absolute atomic E-state index is 12.6. The number of nitrogens with zero attached hydrogens (tertiary/aromatic N) is 2. The van der Waals surface area contributed by atoms with Crippen molar-refractivity contribution in [2.24, 2.45) is 0 Å². The van der Waals surface area contributed by atoms with Crippen LogP contribution in [0.15, 0.2) is 84.9 Å². The number of hydrogen-bond acceptors (Lipinski definition) is 4. The Morgan fingerprint density at radius 1 is 0.844 bits per heavy atom. The van der Waals surface area contributed by atoms with Crippen molar-refractivity contribution in [1.29, 1.82) is 0 Å². The van der Waals surface area contributed by atoms with Gasteiger partial charge in [0.25, 0.3) is 0 Å². The SMILES string of the molecule is COc1ccc(C=CC(=O)N2CCN(c3ccc(OCc4ccccc4)cc3)CC2)cc1. The van der Waals surface area contributed by atoms with Crippen LogP contribution < -0.4 is 14.4 Å². The van der Waals surface area contributed by atoms with Crippen LogP contribution in [-0.4, -0.2) is 44.1 Å². The summed E-state index contributed by atoms with van der Waals surface area (Å²) in [6, 6.07) is 26.0. The van der Waals surface area contributed by atoms with Crippen LogP contribution in [0.1, 0.15) is 11.1 Å². The summed E-state index contributed by atoms with van der Waals surface area (Å²) in [7, 11) is 1.64. The minimum absolute atomic E-state index is 0.0464. The van der Waals surface area contributed by atoms with Gasteiger partial charge in [-0.15, -0.1) is 0 Å². The predicted molar refractivity (Wildman–Crippen MR) is 128 cm³/mol. The van der Waals surface area contributed by atoms with E-state index in [4.69, 9.17) is 9.47 Å². The van der Waals surface area contributed by atoms with Gasteiger partial charge in [0.05, 0.1) is 7.11 Å². The fourth-order valence-corrected chi connectivity index (χ4v) is 3.67. The first kappa shape index (κ1) is 21.5. The van der Waals surface area contributed by atoms with E-state index in [9.17, 15) is 4.79 Å². The number of piperazine rings is 1. The molecule has 5 heteroatoms. The molecule has 1 saturated heterocycles. The topological polar surface area (TPSA) is 42.0 Å². The second kappa shape index (κ2) is 10.5. The summed E-state index contributed by atoms with van der Waals surface area (Å²) in [5.41, 5.74) is 3.28.